The lowest BCUT2D eigenvalue weighted by Crippen LogP contribution is -2.58. The smallest absolute Gasteiger partial charge is 0.324 e. The van der Waals surface area contributed by atoms with E-state index in [-0.39, 0.29) is 6.54 Å². The van der Waals surface area contributed by atoms with Gasteiger partial charge in [-0.1, -0.05) is 6.07 Å². The molecule has 0 bridgehead atoms. The number of imide groups is 1. The van der Waals surface area contributed by atoms with Crippen molar-refractivity contribution < 1.29 is 14.4 Å². The van der Waals surface area contributed by atoms with Gasteiger partial charge in [0.05, 0.1) is 11.4 Å². The molecule has 1 aliphatic rings. The molecule has 0 saturated carbocycles. The van der Waals surface area contributed by atoms with E-state index in [0.29, 0.717) is 26.2 Å². The molecular weight excluding hydrogens is 354 g/mol. The van der Waals surface area contributed by atoms with Crippen molar-refractivity contribution in [3.05, 3.63) is 29.3 Å². The van der Waals surface area contributed by atoms with Crippen molar-refractivity contribution in [3.8, 4) is 10.6 Å². The molecule has 0 unspecified atom stereocenters. The Morgan fingerprint density at radius 3 is 2.81 bits per heavy atom. The normalized spacial score (nSPS) is 14.8. The van der Waals surface area contributed by atoms with E-state index in [1.165, 1.54) is 4.90 Å². The van der Waals surface area contributed by atoms with Crippen molar-refractivity contribution in [2.75, 3.05) is 26.2 Å². The third-order valence-corrected chi connectivity index (χ3v) is 5.18. The monoisotopic (exact) mass is 375 g/mol. The van der Waals surface area contributed by atoms with Crippen LogP contribution < -0.4 is 5.32 Å². The summed E-state index contributed by atoms with van der Waals surface area (Å²) in [5, 5.41) is 9.24. The maximum absolute atomic E-state index is 12.2. The van der Waals surface area contributed by atoms with Gasteiger partial charge in [-0.15, -0.1) is 11.3 Å². The molecule has 1 saturated heterocycles. The van der Waals surface area contributed by atoms with E-state index in [2.05, 4.69) is 10.4 Å². The average molecular weight is 375 g/mol. The summed E-state index contributed by atoms with van der Waals surface area (Å²) in [6.07, 6.45) is 0. The van der Waals surface area contributed by atoms with Crippen LogP contribution in [0.4, 0.5) is 4.79 Å². The topological polar surface area (TPSA) is 87.5 Å². The van der Waals surface area contributed by atoms with Crippen LogP contribution in [0.3, 0.4) is 0 Å². The number of carbonyl (C=O) groups excluding carboxylic acids is 3. The Hall–Kier alpha value is -2.68. The van der Waals surface area contributed by atoms with Crippen LogP contribution in [0, 0.1) is 6.92 Å². The van der Waals surface area contributed by atoms with Gasteiger partial charge in [0, 0.05) is 31.9 Å². The predicted molar refractivity (Wildman–Crippen MR) is 97.6 cm³/mol. The summed E-state index contributed by atoms with van der Waals surface area (Å²) in [6.45, 7) is 5.62. The van der Waals surface area contributed by atoms with Gasteiger partial charge in [0.1, 0.15) is 5.69 Å². The first kappa shape index (κ1) is 18.1. The summed E-state index contributed by atoms with van der Waals surface area (Å²) in [6, 6.07) is 5.45. The Morgan fingerprint density at radius 1 is 1.31 bits per heavy atom. The number of aryl methyl sites for hydroxylation is 1. The predicted octanol–water partition coefficient (Wildman–Crippen LogP) is 1.32. The van der Waals surface area contributed by atoms with Crippen LogP contribution in [0.25, 0.3) is 10.6 Å². The fourth-order valence-corrected chi connectivity index (χ4v) is 3.50. The van der Waals surface area contributed by atoms with Crippen molar-refractivity contribution in [1.82, 2.24) is 24.9 Å². The largest absolute Gasteiger partial charge is 0.336 e. The van der Waals surface area contributed by atoms with E-state index < -0.39 is 17.8 Å². The number of rotatable bonds is 5. The molecule has 1 aliphatic heterocycles. The zero-order valence-corrected chi connectivity index (χ0v) is 15.6. The van der Waals surface area contributed by atoms with Crippen molar-refractivity contribution in [3.63, 3.8) is 0 Å². The molecule has 2 aromatic rings. The molecule has 0 aliphatic carbocycles. The minimum atomic E-state index is -0.772. The van der Waals surface area contributed by atoms with Crippen LogP contribution >= 0.6 is 11.3 Å². The minimum Gasteiger partial charge on any atom is -0.336 e. The van der Waals surface area contributed by atoms with Gasteiger partial charge >= 0.3 is 17.8 Å². The molecular formula is C17H21N5O3S. The minimum absolute atomic E-state index is 0.216. The lowest BCUT2D eigenvalue weighted by Gasteiger charge is -2.31. The second kappa shape index (κ2) is 7.69. The maximum atomic E-state index is 12.2. The first-order valence-corrected chi connectivity index (χ1v) is 9.36. The number of nitrogens with zero attached hydrogens (tertiary/aromatic N) is 4. The molecule has 138 valence electrons. The summed E-state index contributed by atoms with van der Waals surface area (Å²) in [5.41, 5.74) is 1.89. The molecule has 9 heteroatoms. The van der Waals surface area contributed by atoms with E-state index in [4.69, 9.17) is 0 Å². The number of hydrogen-bond acceptors (Lipinski definition) is 5. The van der Waals surface area contributed by atoms with Crippen molar-refractivity contribution in [1.29, 1.82) is 0 Å². The number of thiophene rings is 1. The quantitative estimate of drug-likeness (QED) is 0.799. The van der Waals surface area contributed by atoms with E-state index in [1.807, 2.05) is 35.2 Å². The van der Waals surface area contributed by atoms with Crippen molar-refractivity contribution in [2.45, 2.75) is 20.4 Å². The summed E-state index contributed by atoms with van der Waals surface area (Å²) in [4.78, 5) is 39.6. The van der Waals surface area contributed by atoms with E-state index in [0.717, 1.165) is 21.2 Å². The molecule has 3 heterocycles. The summed E-state index contributed by atoms with van der Waals surface area (Å²) in [5.74, 6) is -1.40. The Bertz CT molecular complexity index is 814. The molecule has 3 rings (SSSR count). The van der Waals surface area contributed by atoms with E-state index in [1.54, 1.807) is 18.3 Å². The number of piperazine rings is 1. The standard InChI is InChI=1S/C17H21N5O3S/c1-3-20-8-9-21(16(24)15(20)23)17(25)18-6-7-22-12(2)11-13(19-22)14-5-4-10-26-14/h4-5,10-11H,3,6-9H2,1-2H3,(H,18,25). The number of hydrogen-bond donors (Lipinski definition) is 1. The SMILES string of the molecule is CCN1CCN(C(=O)NCCn2nc(-c3cccs3)cc2C)C(=O)C1=O. The number of carbonyl (C=O) groups is 3. The molecule has 26 heavy (non-hydrogen) atoms. The average Bonchev–Trinajstić information content (AvgIpc) is 3.27. The molecule has 8 nitrogen and oxygen atoms in total. The Labute approximate surface area is 155 Å². The summed E-state index contributed by atoms with van der Waals surface area (Å²) >= 11 is 1.62. The number of amides is 4. The van der Waals surface area contributed by atoms with E-state index >= 15 is 0 Å². The second-order valence-electron chi connectivity index (χ2n) is 5.94. The van der Waals surface area contributed by atoms with Gasteiger partial charge in [0.15, 0.2) is 0 Å². The van der Waals surface area contributed by atoms with Crippen molar-refractivity contribution >= 4 is 29.2 Å². The zero-order valence-electron chi connectivity index (χ0n) is 14.8. The highest BCUT2D eigenvalue weighted by Gasteiger charge is 2.35. The molecule has 0 radical (unpaired) electrons. The fraction of sp³-hybridized carbons (Fsp3) is 0.412. The Kier molecular flexibility index (Phi) is 5.36. The molecule has 2 aromatic heterocycles. The highest BCUT2D eigenvalue weighted by Crippen LogP contribution is 2.23. The van der Waals surface area contributed by atoms with E-state index in [9.17, 15) is 14.4 Å². The van der Waals surface area contributed by atoms with Gasteiger partial charge in [0.25, 0.3) is 0 Å². The highest BCUT2D eigenvalue weighted by atomic mass is 32.1. The first-order chi connectivity index (χ1) is 12.5. The van der Waals surface area contributed by atoms with Crippen LogP contribution in [0.15, 0.2) is 23.6 Å². The third kappa shape index (κ3) is 3.62. The Balaban J connectivity index is 1.54. The molecule has 0 spiro atoms. The summed E-state index contributed by atoms with van der Waals surface area (Å²) in [7, 11) is 0. The second-order valence-corrected chi connectivity index (χ2v) is 6.89. The van der Waals surface area contributed by atoms with Gasteiger partial charge in [-0.3, -0.25) is 19.2 Å². The molecule has 1 N–H and O–H groups in total. The van der Waals surface area contributed by atoms with Gasteiger partial charge in [0.2, 0.25) is 0 Å². The highest BCUT2D eigenvalue weighted by molar-refractivity contribution is 7.13. The van der Waals surface area contributed by atoms with Gasteiger partial charge in [-0.05, 0) is 31.4 Å². The van der Waals surface area contributed by atoms with Crippen molar-refractivity contribution in [2.24, 2.45) is 0 Å². The van der Waals surface area contributed by atoms with Crippen LogP contribution in [0.5, 0.6) is 0 Å². The fourth-order valence-electron chi connectivity index (χ4n) is 2.82. The molecule has 4 amide bonds. The molecule has 1 fully saturated rings. The van der Waals surface area contributed by atoms with Crippen LogP contribution in [0.1, 0.15) is 12.6 Å². The number of urea groups is 1. The summed E-state index contributed by atoms with van der Waals surface area (Å²) < 4.78 is 1.82. The Morgan fingerprint density at radius 2 is 2.12 bits per heavy atom. The molecule has 0 aromatic carbocycles. The number of aromatic nitrogens is 2. The van der Waals surface area contributed by atoms with Crippen LogP contribution in [-0.2, 0) is 16.1 Å². The lowest BCUT2D eigenvalue weighted by atomic mass is 10.3. The van der Waals surface area contributed by atoms with Crippen LogP contribution in [0.2, 0.25) is 0 Å². The third-order valence-electron chi connectivity index (χ3n) is 4.29. The number of nitrogens with one attached hydrogen (secondary N) is 1. The number of likely N-dealkylation sites (N-methyl/N-ethyl adjacent to an activating group) is 1. The lowest BCUT2D eigenvalue weighted by molar-refractivity contribution is -0.153. The van der Waals surface area contributed by atoms with Gasteiger partial charge in [-0.2, -0.15) is 5.10 Å². The van der Waals surface area contributed by atoms with Crippen LogP contribution in [-0.4, -0.2) is 63.6 Å². The maximum Gasteiger partial charge on any atom is 0.324 e. The van der Waals surface area contributed by atoms with Gasteiger partial charge in [-0.25, -0.2) is 4.79 Å². The van der Waals surface area contributed by atoms with Gasteiger partial charge < -0.3 is 10.2 Å². The zero-order chi connectivity index (χ0) is 18.7. The molecule has 0 atom stereocenters. The first-order valence-electron chi connectivity index (χ1n) is 8.48.